The molecule has 0 aromatic heterocycles. The van der Waals surface area contributed by atoms with Crippen molar-refractivity contribution in [3.05, 3.63) is 65.5 Å². The van der Waals surface area contributed by atoms with Crippen LogP contribution in [-0.2, 0) is 11.1 Å². The molecule has 5 heteroatoms. The first-order valence-electron chi connectivity index (χ1n) is 5.30. The summed E-state index contributed by atoms with van der Waals surface area (Å²) < 4.78 is 32.3. The average molecular weight is 286 g/mol. The first kappa shape index (κ1) is 16.3. The van der Waals surface area contributed by atoms with Crippen LogP contribution in [0.25, 0.3) is 12.2 Å². The second-order valence-corrected chi connectivity index (χ2v) is 4.67. The molecule has 0 amide bonds. The third-order valence-electron chi connectivity index (χ3n) is 2.42. The van der Waals surface area contributed by atoms with E-state index in [1.165, 1.54) is 12.1 Å². The van der Waals surface area contributed by atoms with Crippen LogP contribution in [0.4, 0.5) is 4.39 Å². The summed E-state index contributed by atoms with van der Waals surface area (Å²) in [6.45, 7) is 0. The van der Waals surface area contributed by atoms with Crippen molar-refractivity contribution in [2.75, 3.05) is 0 Å². The van der Waals surface area contributed by atoms with Gasteiger partial charge in [0.15, 0.2) is 11.1 Å². The zero-order valence-electron chi connectivity index (χ0n) is 11.4. The van der Waals surface area contributed by atoms with Gasteiger partial charge in [0.05, 0.1) is 4.90 Å². The van der Waals surface area contributed by atoms with Crippen molar-refractivity contribution in [2.45, 2.75) is 4.90 Å². The van der Waals surface area contributed by atoms with Gasteiger partial charge in [0, 0.05) is 0 Å². The van der Waals surface area contributed by atoms with Gasteiger partial charge in [-0.05, 0) is 35.4 Å². The maximum atomic E-state index is 12.7. The SMILES string of the molecule is O=S(O)c1ccc(C=Cc2ccc(F)cc2)cc1.[H-].[Na+]. The molecular formula is C14H12FNaO2S. The first-order valence-corrected chi connectivity index (χ1v) is 6.40. The molecule has 1 atom stereocenters. The van der Waals surface area contributed by atoms with Gasteiger partial charge in [0.2, 0.25) is 0 Å². The molecule has 0 aliphatic rings. The van der Waals surface area contributed by atoms with Gasteiger partial charge in [0.25, 0.3) is 0 Å². The Morgan fingerprint density at radius 2 is 1.37 bits per heavy atom. The molecule has 0 saturated heterocycles. The summed E-state index contributed by atoms with van der Waals surface area (Å²) in [6, 6.07) is 12.9. The van der Waals surface area contributed by atoms with E-state index in [4.69, 9.17) is 4.55 Å². The van der Waals surface area contributed by atoms with E-state index in [2.05, 4.69) is 0 Å². The molecule has 1 unspecified atom stereocenters. The fourth-order valence-electron chi connectivity index (χ4n) is 1.46. The number of hydrogen-bond acceptors (Lipinski definition) is 1. The van der Waals surface area contributed by atoms with Crippen LogP contribution in [0, 0.1) is 5.82 Å². The van der Waals surface area contributed by atoms with E-state index in [1.807, 2.05) is 12.2 Å². The monoisotopic (exact) mass is 286 g/mol. The minimum atomic E-state index is -1.95. The van der Waals surface area contributed by atoms with Gasteiger partial charge in [-0.2, -0.15) is 0 Å². The van der Waals surface area contributed by atoms with Crippen LogP contribution in [0.1, 0.15) is 12.6 Å². The molecule has 0 spiro atoms. The van der Waals surface area contributed by atoms with Crippen molar-refractivity contribution >= 4 is 23.2 Å². The third-order valence-corrected chi connectivity index (χ3v) is 3.10. The van der Waals surface area contributed by atoms with Crippen LogP contribution < -0.4 is 29.6 Å². The van der Waals surface area contributed by atoms with Crippen molar-refractivity contribution in [2.24, 2.45) is 0 Å². The summed E-state index contributed by atoms with van der Waals surface area (Å²) in [5.74, 6) is -0.262. The quantitative estimate of drug-likeness (QED) is 0.512. The largest absolute Gasteiger partial charge is 1.00 e. The summed E-state index contributed by atoms with van der Waals surface area (Å²) in [5.41, 5.74) is 1.81. The zero-order valence-corrected chi connectivity index (χ0v) is 13.2. The molecule has 0 aliphatic heterocycles. The van der Waals surface area contributed by atoms with Gasteiger partial charge in [-0.3, -0.25) is 0 Å². The Hall–Kier alpha value is -0.780. The minimum absolute atomic E-state index is 0. The number of benzene rings is 2. The van der Waals surface area contributed by atoms with Gasteiger partial charge < -0.3 is 5.98 Å². The minimum Gasteiger partial charge on any atom is -1.00 e. The number of hydrogen-bond donors (Lipinski definition) is 1. The first-order chi connectivity index (χ1) is 8.65. The Labute approximate surface area is 137 Å². The summed E-state index contributed by atoms with van der Waals surface area (Å²) in [7, 11) is 0. The maximum absolute atomic E-state index is 12.7. The molecule has 2 aromatic rings. The predicted molar refractivity (Wildman–Crippen MR) is 71.9 cm³/mol. The van der Waals surface area contributed by atoms with Crippen molar-refractivity contribution < 1.29 is 44.1 Å². The molecular weight excluding hydrogens is 274 g/mol. The second-order valence-electron chi connectivity index (χ2n) is 3.70. The maximum Gasteiger partial charge on any atom is 1.00 e. The smallest absolute Gasteiger partial charge is 1.00 e. The van der Waals surface area contributed by atoms with E-state index in [1.54, 1.807) is 36.4 Å². The van der Waals surface area contributed by atoms with E-state index in [0.29, 0.717) is 4.90 Å². The van der Waals surface area contributed by atoms with Gasteiger partial charge in [-0.1, -0.05) is 36.4 Å². The fourth-order valence-corrected chi connectivity index (χ4v) is 1.83. The Bertz CT molecular complexity index is 585. The molecule has 1 N–H and O–H groups in total. The average Bonchev–Trinajstić information content (AvgIpc) is 2.38. The summed E-state index contributed by atoms with van der Waals surface area (Å²) in [4.78, 5) is 0.369. The topological polar surface area (TPSA) is 37.3 Å². The van der Waals surface area contributed by atoms with E-state index in [0.717, 1.165) is 11.1 Å². The van der Waals surface area contributed by atoms with Gasteiger partial charge >= 0.3 is 29.6 Å². The van der Waals surface area contributed by atoms with Crippen LogP contribution >= 0.6 is 0 Å². The zero-order chi connectivity index (χ0) is 13.0. The Morgan fingerprint density at radius 3 is 1.79 bits per heavy atom. The molecule has 0 bridgehead atoms. The summed E-state index contributed by atoms with van der Waals surface area (Å²) in [6.07, 6.45) is 3.71. The number of rotatable bonds is 3. The number of halogens is 1. The molecule has 2 rings (SSSR count). The fraction of sp³-hybridized carbons (Fsp3) is 0. The van der Waals surface area contributed by atoms with Crippen molar-refractivity contribution in [1.29, 1.82) is 0 Å². The van der Waals surface area contributed by atoms with Gasteiger partial charge in [-0.15, -0.1) is 0 Å². The van der Waals surface area contributed by atoms with E-state index in [9.17, 15) is 8.60 Å². The van der Waals surface area contributed by atoms with E-state index in [-0.39, 0.29) is 36.8 Å². The van der Waals surface area contributed by atoms with Crippen molar-refractivity contribution in [3.8, 4) is 0 Å². The van der Waals surface area contributed by atoms with Crippen LogP contribution in [0.3, 0.4) is 0 Å². The molecule has 0 heterocycles. The second kappa shape index (κ2) is 7.72. The molecule has 2 aromatic carbocycles. The van der Waals surface area contributed by atoms with E-state index >= 15 is 0 Å². The summed E-state index contributed by atoms with van der Waals surface area (Å²) >= 11 is -1.95. The molecule has 19 heavy (non-hydrogen) atoms. The van der Waals surface area contributed by atoms with Gasteiger partial charge in [-0.25, -0.2) is 8.60 Å². The van der Waals surface area contributed by atoms with Crippen molar-refractivity contribution in [3.63, 3.8) is 0 Å². The molecule has 2 nitrogen and oxygen atoms in total. The third kappa shape index (κ3) is 5.01. The van der Waals surface area contributed by atoms with E-state index < -0.39 is 11.1 Å². The molecule has 0 radical (unpaired) electrons. The predicted octanol–water partition coefficient (Wildman–Crippen LogP) is 0.693. The van der Waals surface area contributed by atoms with Crippen LogP contribution in [-0.4, -0.2) is 8.76 Å². The molecule has 94 valence electrons. The Morgan fingerprint density at radius 1 is 0.947 bits per heavy atom. The van der Waals surface area contributed by atoms with Gasteiger partial charge in [0.1, 0.15) is 5.82 Å². The Balaban J connectivity index is 0.00000180. The molecule has 0 saturated carbocycles. The van der Waals surface area contributed by atoms with Crippen molar-refractivity contribution in [1.82, 2.24) is 0 Å². The normalized spacial score (nSPS) is 12.1. The molecule has 0 fully saturated rings. The van der Waals surface area contributed by atoms with Crippen LogP contribution in [0.5, 0.6) is 0 Å². The Kier molecular flexibility index (Phi) is 6.62. The summed E-state index contributed by atoms with van der Waals surface area (Å²) in [5, 5.41) is 0. The standard InChI is InChI=1S/C14H11FO2S.Na.H/c15-13-7-3-11(4-8-13)1-2-12-5-9-14(10-6-12)18(16)17;;/h1-10H,(H,16,17);;/q;+1;-1. The molecule has 0 aliphatic carbocycles. The van der Waals surface area contributed by atoms with Crippen LogP contribution in [0.2, 0.25) is 0 Å². The van der Waals surface area contributed by atoms with Crippen LogP contribution in [0.15, 0.2) is 53.4 Å².